The zero-order valence-electron chi connectivity index (χ0n) is 16.0. The molecule has 0 atom stereocenters. The van der Waals surface area contributed by atoms with Gasteiger partial charge in [0.15, 0.2) is 0 Å². The number of amides is 3. The van der Waals surface area contributed by atoms with E-state index in [0.717, 1.165) is 22.2 Å². The fourth-order valence-electron chi connectivity index (χ4n) is 2.82. The molecule has 1 saturated heterocycles. The number of hydrogen-bond acceptors (Lipinski definition) is 7. The maximum Gasteiger partial charge on any atom is 0.293 e. The summed E-state index contributed by atoms with van der Waals surface area (Å²) >= 11 is 0.844. The number of benzene rings is 2. The fraction of sp³-hybridized carbons (Fsp3) is 0.150. The first-order valence-electron chi connectivity index (χ1n) is 8.95. The third-order valence-electron chi connectivity index (χ3n) is 4.32. The summed E-state index contributed by atoms with van der Waals surface area (Å²) in [6.07, 6.45) is 1.64. The van der Waals surface area contributed by atoms with E-state index in [4.69, 9.17) is 0 Å². The monoisotopic (exact) mass is 426 g/mol. The van der Waals surface area contributed by atoms with Crippen LogP contribution in [0.25, 0.3) is 6.08 Å². The molecule has 2 aromatic rings. The Morgan fingerprint density at radius 2 is 1.93 bits per heavy atom. The van der Waals surface area contributed by atoms with Crippen LogP contribution in [0.15, 0.2) is 53.4 Å². The molecule has 1 aliphatic heterocycles. The second-order valence-corrected chi connectivity index (χ2v) is 7.23. The highest BCUT2D eigenvalue weighted by Crippen LogP contribution is 2.31. The summed E-state index contributed by atoms with van der Waals surface area (Å²) < 4.78 is 0. The summed E-state index contributed by atoms with van der Waals surface area (Å²) in [5.74, 6) is -0.968. The molecule has 2 aromatic carbocycles. The normalized spacial score (nSPS) is 14.8. The topological polar surface area (TPSA) is 122 Å². The van der Waals surface area contributed by atoms with Crippen LogP contribution in [-0.4, -0.2) is 47.0 Å². The number of carbonyl (C=O) groups excluding carboxylic acids is 3. The van der Waals surface area contributed by atoms with E-state index >= 15 is 0 Å². The van der Waals surface area contributed by atoms with Gasteiger partial charge in [0.2, 0.25) is 0 Å². The molecule has 0 radical (unpaired) electrons. The lowest BCUT2D eigenvalue weighted by atomic mass is 10.1. The van der Waals surface area contributed by atoms with Gasteiger partial charge in [-0.1, -0.05) is 30.3 Å². The van der Waals surface area contributed by atoms with Crippen molar-refractivity contribution in [1.82, 2.24) is 10.2 Å². The van der Waals surface area contributed by atoms with Crippen LogP contribution in [-0.2, 0) is 4.79 Å². The quantitative estimate of drug-likeness (QED) is 0.396. The molecule has 3 amide bonds. The van der Waals surface area contributed by atoms with Crippen molar-refractivity contribution >= 4 is 46.3 Å². The molecular weight excluding hydrogens is 408 g/mol. The van der Waals surface area contributed by atoms with Gasteiger partial charge in [-0.2, -0.15) is 0 Å². The number of hydrogen-bond donors (Lipinski definition) is 2. The molecule has 0 saturated carbocycles. The van der Waals surface area contributed by atoms with Crippen molar-refractivity contribution in [2.75, 3.05) is 25.5 Å². The van der Waals surface area contributed by atoms with Gasteiger partial charge in [0.05, 0.1) is 15.4 Å². The third kappa shape index (κ3) is 4.66. The van der Waals surface area contributed by atoms with Gasteiger partial charge in [-0.3, -0.25) is 29.4 Å². The summed E-state index contributed by atoms with van der Waals surface area (Å²) in [7, 11) is 1.59. The standard InChI is InChI=1S/C20H18N4O5S/c1-21-16-8-7-14(24(28)29)12-15(16)18(25)22-9-10-23-19(26)17(30-20(23)27)11-13-5-3-2-4-6-13/h2-8,11-12,21H,9-10H2,1H3,(H,22,25)/b17-11-. The minimum Gasteiger partial charge on any atom is -0.387 e. The molecule has 0 unspecified atom stereocenters. The Hall–Kier alpha value is -3.66. The van der Waals surface area contributed by atoms with E-state index in [1.807, 2.05) is 30.3 Å². The summed E-state index contributed by atoms with van der Waals surface area (Å²) in [4.78, 5) is 48.9. The molecule has 0 spiro atoms. The molecular formula is C20H18N4O5S. The molecule has 0 aromatic heterocycles. The number of nitrogens with zero attached hydrogens (tertiary/aromatic N) is 2. The number of nitrogens with one attached hydrogen (secondary N) is 2. The maximum absolute atomic E-state index is 12.5. The predicted octanol–water partition coefficient (Wildman–Crippen LogP) is 3.10. The van der Waals surface area contributed by atoms with Gasteiger partial charge in [-0.25, -0.2) is 0 Å². The van der Waals surface area contributed by atoms with E-state index in [2.05, 4.69) is 10.6 Å². The van der Waals surface area contributed by atoms with Crippen LogP contribution in [0.4, 0.5) is 16.2 Å². The molecule has 10 heteroatoms. The predicted molar refractivity (Wildman–Crippen MR) is 114 cm³/mol. The van der Waals surface area contributed by atoms with E-state index < -0.39 is 22.0 Å². The summed E-state index contributed by atoms with van der Waals surface area (Å²) in [5, 5.41) is 15.9. The van der Waals surface area contributed by atoms with Crippen LogP contribution >= 0.6 is 11.8 Å². The van der Waals surface area contributed by atoms with Crippen LogP contribution in [0, 0.1) is 10.1 Å². The summed E-state index contributed by atoms with van der Waals surface area (Å²) in [5.41, 5.74) is 1.12. The second kappa shape index (κ2) is 9.23. The minimum absolute atomic E-state index is 0.00759. The van der Waals surface area contributed by atoms with Gasteiger partial charge in [0.25, 0.3) is 22.7 Å². The molecule has 9 nitrogen and oxygen atoms in total. The van der Waals surface area contributed by atoms with Gasteiger partial charge >= 0.3 is 0 Å². The molecule has 2 N–H and O–H groups in total. The van der Waals surface area contributed by atoms with Crippen molar-refractivity contribution in [2.45, 2.75) is 0 Å². The Morgan fingerprint density at radius 3 is 2.60 bits per heavy atom. The van der Waals surface area contributed by atoms with Gasteiger partial charge in [0, 0.05) is 38.0 Å². The maximum atomic E-state index is 12.5. The van der Waals surface area contributed by atoms with Gasteiger partial charge in [-0.15, -0.1) is 0 Å². The first kappa shape index (κ1) is 21.1. The van der Waals surface area contributed by atoms with Crippen molar-refractivity contribution in [3.63, 3.8) is 0 Å². The molecule has 1 heterocycles. The van der Waals surface area contributed by atoms with E-state index in [9.17, 15) is 24.5 Å². The van der Waals surface area contributed by atoms with Gasteiger partial charge in [0.1, 0.15) is 0 Å². The SMILES string of the molecule is CNc1ccc([N+](=O)[O-])cc1C(=O)NCCN1C(=O)S/C(=C\c2ccccc2)C1=O. The number of nitro groups is 1. The highest BCUT2D eigenvalue weighted by atomic mass is 32.2. The Morgan fingerprint density at radius 1 is 1.20 bits per heavy atom. The Bertz CT molecular complexity index is 1040. The fourth-order valence-corrected chi connectivity index (χ4v) is 3.69. The van der Waals surface area contributed by atoms with E-state index in [1.165, 1.54) is 18.2 Å². The molecule has 3 rings (SSSR count). The first-order chi connectivity index (χ1) is 14.4. The van der Waals surface area contributed by atoms with E-state index in [1.54, 1.807) is 13.1 Å². The Balaban J connectivity index is 1.64. The Labute approximate surface area is 176 Å². The number of rotatable bonds is 7. The number of imide groups is 1. The highest BCUT2D eigenvalue weighted by Gasteiger charge is 2.34. The van der Waals surface area contributed by atoms with Crippen molar-refractivity contribution in [3.8, 4) is 0 Å². The molecule has 0 bridgehead atoms. The molecule has 154 valence electrons. The average molecular weight is 426 g/mol. The van der Waals surface area contributed by atoms with E-state index in [0.29, 0.717) is 10.6 Å². The molecule has 30 heavy (non-hydrogen) atoms. The smallest absolute Gasteiger partial charge is 0.293 e. The molecule has 1 fully saturated rings. The van der Waals surface area contributed by atoms with Crippen LogP contribution in [0.1, 0.15) is 15.9 Å². The number of nitro benzene ring substituents is 1. The van der Waals surface area contributed by atoms with Crippen molar-refractivity contribution in [2.24, 2.45) is 0 Å². The molecule has 0 aliphatic carbocycles. The number of thioether (sulfide) groups is 1. The van der Waals surface area contributed by atoms with Crippen molar-refractivity contribution in [3.05, 3.63) is 74.7 Å². The number of carbonyl (C=O) groups is 3. The van der Waals surface area contributed by atoms with Crippen LogP contribution in [0.5, 0.6) is 0 Å². The van der Waals surface area contributed by atoms with Crippen LogP contribution < -0.4 is 10.6 Å². The van der Waals surface area contributed by atoms with Gasteiger partial charge in [-0.05, 0) is 29.5 Å². The summed E-state index contributed by atoms with van der Waals surface area (Å²) in [6, 6.07) is 13.1. The largest absolute Gasteiger partial charge is 0.387 e. The number of anilines is 1. The van der Waals surface area contributed by atoms with Gasteiger partial charge < -0.3 is 10.6 Å². The highest BCUT2D eigenvalue weighted by molar-refractivity contribution is 8.18. The average Bonchev–Trinajstić information content (AvgIpc) is 3.01. The minimum atomic E-state index is -0.588. The van der Waals surface area contributed by atoms with E-state index in [-0.39, 0.29) is 24.3 Å². The Kier molecular flexibility index (Phi) is 6.48. The zero-order chi connectivity index (χ0) is 21.7. The first-order valence-corrected chi connectivity index (χ1v) is 9.77. The van der Waals surface area contributed by atoms with Crippen LogP contribution in [0.3, 0.4) is 0 Å². The second-order valence-electron chi connectivity index (χ2n) is 6.24. The lowest BCUT2D eigenvalue weighted by Crippen LogP contribution is -2.37. The lowest BCUT2D eigenvalue weighted by molar-refractivity contribution is -0.384. The van der Waals surface area contributed by atoms with Crippen LogP contribution in [0.2, 0.25) is 0 Å². The lowest BCUT2D eigenvalue weighted by Gasteiger charge is -2.14. The molecule has 1 aliphatic rings. The zero-order valence-corrected chi connectivity index (χ0v) is 16.8. The summed E-state index contributed by atoms with van der Waals surface area (Å²) in [6.45, 7) is 0.00763. The third-order valence-corrected chi connectivity index (χ3v) is 5.23. The van der Waals surface area contributed by atoms with Crippen molar-refractivity contribution < 1.29 is 19.3 Å². The number of non-ortho nitro benzene ring substituents is 1. The van der Waals surface area contributed by atoms with Crippen molar-refractivity contribution in [1.29, 1.82) is 0 Å².